The molecule has 1 amide bonds. The summed E-state index contributed by atoms with van der Waals surface area (Å²) in [6, 6.07) is 5.07. The number of hydrogen-bond acceptors (Lipinski definition) is 6. The number of ether oxygens (including phenoxy) is 2. The molecule has 1 atom stereocenters. The fourth-order valence-electron chi connectivity index (χ4n) is 3.58. The van der Waals surface area contributed by atoms with Crippen LogP contribution in [0.25, 0.3) is 0 Å². The number of benzene rings is 1. The van der Waals surface area contributed by atoms with Gasteiger partial charge in [0, 0.05) is 13.2 Å². The lowest BCUT2D eigenvalue weighted by atomic mass is 10.0. The van der Waals surface area contributed by atoms with Crippen LogP contribution in [0.15, 0.2) is 23.0 Å². The number of aromatic hydroxyl groups is 1. The third-order valence-electron chi connectivity index (χ3n) is 4.93. The first-order valence-electron chi connectivity index (χ1n) is 8.79. The molecule has 3 heterocycles. The van der Waals surface area contributed by atoms with E-state index in [1.807, 2.05) is 0 Å². The van der Waals surface area contributed by atoms with Crippen molar-refractivity contribution in [2.75, 3.05) is 31.4 Å². The number of H-pyrrole nitrogens is 1. The highest BCUT2D eigenvalue weighted by Gasteiger charge is 2.33. The zero-order valence-electron chi connectivity index (χ0n) is 14.9. The number of nitrogens with zero attached hydrogens (tertiary/aromatic N) is 1. The summed E-state index contributed by atoms with van der Waals surface area (Å²) in [7, 11) is 1.48. The fraction of sp³-hybridized carbons (Fsp3) is 0.444. The number of carbonyl (C=O) groups excluding carboxylic acids is 1. The van der Waals surface area contributed by atoms with Crippen LogP contribution in [0.1, 0.15) is 35.3 Å². The monoisotopic (exact) mass is 391 g/mol. The van der Waals surface area contributed by atoms with Crippen molar-refractivity contribution in [2.45, 2.75) is 24.1 Å². The molecule has 1 aromatic heterocycles. The minimum absolute atomic E-state index is 0.0305. The van der Waals surface area contributed by atoms with Crippen molar-refractivity contribution in [1.82, 2.24) is 9.78 Å². The van der Waals surface area contributed by atoms with E-state index in [1.165, 1.54) is 24.9 Å². The van der Waals surface area contributed by atoms with E-state index < -0.39 is 0 Å². The molecule has 2 aliphatic heterocycles. The van der Waals surface area contributed by atoms with Gasteiger partial charge in [0.1, 0.15) is 5.82 Å². The van der Waals surface area contributed by atoms with Crippen LogP contribution in [0.3, 0.4) is 0 Å². The number of amides is 1. The van der Waals surface area contributed by atoms with Crippen molar-refractivity contribution in [3.05, 3.63) is 39.7 Å². The lowest BCUT2D eigenvalue weighted by Gasteiger charge is -2.25. The van der Waals surface area contributed by atoms with Gasteiger partial charge in [0.25, 0.3) is 5.56 Å². The smallest absolute Gasteiger partial charge is 0.270 e. The number of aromatic amines is 1. The Morgan fingerprint density at radius 1 is 1.30 bits per heavy atom. The van der Waals surface area contributed by atoms with E-state index in [9.17, 15) is 14.7 Å². The molecule has 0 radical (unpaired) electrons. The van der Waals surface area contributed by atoms with Gasteiger partial charge in [-0.1, -0.05) is 6.07 Å². The Labute approximate surface area is 159 Å². The standard InChI is InChI=1S/C18H21N3O5S/c1-25-13-8-10(2-3-12(13)22)16-15-17(19-14(23)9-27-16)21(20-18(15)24)11-4-6-26-7-5-11/h2-3,8,11,16,22H,4-7,9H2,1H3,(H,19,23)(H,20,24)/t16-/m1/s1. The van der Waals surface area contributed by atoms with Crippen molar-refractivity contribution in [3.8, 4) is 11.5 Å². The predicted octanol–water partition coefficient (Wildman–Crippen LogP) is 2.02. The minimum atomic E-state index is -0.349. The Balaban J connectivity index is 1.81. The number of phenolic OH excluding ortho intramolecular Hbond substituents is 1. The summed E-state index contributed by atoms with van der Waals surface area (Å²) in [5.74, 6) is 0.977. The van der Waals surface area contributed by atoms with E-state index >= 15 is 0 Å². The lowest BCUT2D eigenvalue weighted by molar-refractivity contribution is -0.113. The molecule has 144 valence electrons. The summed E-state index contributed by atoms with van der Waals surface area (Å²) in [5.41, 5.74) is 1.09. The summed E-state index contributed by atoms with van der Waals surface area (Å²) in [5, 5.41) is 15.3. The molecule has 8 nitrogen and oxygen atoms in total. The van der Waals surface area contributed by atoms with Gasteiger partial charge in [-0.2, -0.15) is 0 Å². The molecule has 2 aromatic rings. The summed E-state index contributed by atoms with van der Waals surface area (Å²) in [6.45, 7) is 1.25. The van der Waals surface area contributed by atoms with Gasteiger partial charge in [0.05, 0.1) is 29.7 Å². The Kier molecular flexibility index (Phi) is 4.88. The quantitative estimate of drug-likeness (QED) is 0.739. The molecule has 0 spiro atoms. The van der Waals surface area contributed by atoms with Crippen LogP contribution in [0.5, 0.6) is 11.5 Å². The third-order valence-corrected chi connectivity index (χ3v) is 6.20. The average Bonchev–Trinajstić information content (AvgIpc) is 2.89. The molecule has 1 saturated heterocycles. The SMILES string of the molecule is COc1cc([C@H]2SCC(=O)Nc3c2c(=O)[nH]n3C2CCOCC2)ccc1O. The van der Waals surface area contributed by atoms with Crippen LogP contribution in [0, 0.1) is 0 Å². The van der Waals surface area contributed by atoms with Crippen molar-refractivity contribution < 1.29 is 19.4 Å². The second kappa shape index (κ2) is 7.32. The molecular weight excluding hydrogens is 370 g/mol. The summed E-state index contributed by atoms with van der Waals surface area (Å²) < 4.78 is 12.4. The lowest BCUT2D eigenvalue weighted by Crippen LogP contribution is -2.24. The highest BCUT2D eigenvalue weighted by molar-refractivity contribution is 8.00. The molecule has 27 heavy (non-hydrogen) atoms. The number of rotatable bonds is 3. The van der Waals surface area contributed by atoms with Crippen LogP contribution in [0.4, 0.5) is 5.82 Å². The van der Waals surface area contributed by atoms with Gasteiger partial charge in [-0.15, -0.1) is 11.8 Å². The van der Waals surface area contributed by atoms with Crippen molar-refractivity contribution >= 4 is 23.5 Å². The highest BCUT2D eigenvalue weighted by atomic mass is 32.2. The molecular formula is C18H21N3O5S. The first kappa shape index (κ1) is 18.0. The zero-order valence-corrected chi connectivity index (χ0v) is 15.7. The molecule has 0 saturated carbocycles. The number of hydrogen-bond donors (Lipinski definition) is 3. The van der Waals surface area contributed by atoms with Crippen LogP contribution >= 0.6 is 11.8 Å². The molecule has 2 aliphatic rings. The van der Waals surface area contributed by atoms with Crippen LogP contribution < -0.4 is 15.6 Å². The number of phenols is 1. The fourth-order valence-corrected chi connectivity index (χ4v) is 4.70. The van der Waals surface area contributed by atoms with Crippen molar-refractivity contribution in [1.29, 1.82) is 0 Å². The van der Waals surface area contributed by atoms with Gasteiger partial charge < -0.3 is 19.9 Å². The zero-order chi connectivity index (χ0) is 19.0. The largest absolute Gasteiger partial charge is 0.504 e. The van der Waals surface area contributed by atoms with Gasteiger partial charge in [0.2, 0.25) is 5.91 Å². The molecule has 9 heteroatoms. The predicted molar refractivity (Wildman–Crippen MR) is 102 cm³/mol. The highest BCUT2D eigenvalue weighted by Crippen LogP contribution is 2.43. The number of aromatic nitrogens is 2. The van der Waals surface area contributed by atoms with Crippen LogP contribution in [0.2, 0.25) is 0 Å². The maximum absolute atomic E-state index is 12.8. The number of thioether (sulfide) groups is 1. The van der Waals surface area contributed by atoms with E-state index in [0.717, 1.165) is 18.4 Å². The average molecular weight is 391 g/mol. The van der Waals surface area contributed by atoms with Gasteiger partial charge in [-0.05, 0) is 30.5 Å². The maximum Gasteiger partial charge on any atom is 0.270 e. The van der Waals surface area contributed by atoms with Crippen molar-refractivity contribution in [3.63, 3.8) is 0 Å². The maximum atomic E-state index is 12.8. The topological polar surface area (TPSA) is 106 Å². The number of methoxy groups -OCH3 is 1. The molecule has 0 unspecified atom stereocenters. The second-order valence-electron chi connectivity index (χ2n) is 6.59. The molecule has 0 aliphatic carbocycles. The van der Waals surface area contributed by atoms with Crippen LogP contribution in [-0.2, 0) is 9.53 Å². The molecule has 0 bridgehead atoms. The van der Waals surface area contributed by atoms with Crippen molar-refractivity contribution in [2.24, 2.45) is 0 Å². The van der Waals surface area contributed by atoms with Gasteiger partial charge in [-0.25, -0.2) is 0 Å². The van der Waals surface area contributed by atoms with Gasteiger partial charge >= 0.3 is 0 Å². The minimum Gasteiger partial charge on any atom is -0.504 e. The number of nitrogens with one attached hydrogen (secondary N) is 2. The van der Waals surface area contributed by atoms with E-state index in [-0.39, 0.29) is 34.3 Å². The van der Waals surface area contributed by atoms with E-state index in [4.69, 9.17) is 9.47 Å². The normalized spacial score (nSPS) is 20.6. The second-order valence-corrected chi connectivity index (χ2v) is 7.68. The molecule has 1 fully saturated rings. The number of fused-ring (bicyclic) bond motifs is 1. The van der Waals surface area contributed by atoms with Crippen LogP contribution in [-0.4, -0.2) is 46.9 Å². The Hall–Kier alpha value is -2.39. The summed E-state index contributed by atoms with van der Waals surface area (Å²) in [6.07, 6.45) is 1.55. The Bertz CT molecular complexity index is 916. The molecule has 4 rings (SSSR count). The number of carbonyl (C=O) groups is 1. The first-order valence-corrected chi connectivity index (χ1v) is 9.84. The summed E-state index contributed by atoms with van der Waals surface area (Å²) >= 11 is 1.38. The Morgan fingerprint density at radius 3 is 2.81 bits per heavy atom. The van der Waals surface area contributed by atoms with Gasteiger partial charge in [0.15, 0.2) is 11.5 Å². The van der Waals surface area contributed by atoms with E-state index in [0.29, 0.717) is 30.3 Å². The van der Waals surface area contributed by atoms with Gasteiger partial charge in [-0.3, -0.25) is 19.4 Å². The third kappa shape index (κ3) is 3.32. The molecule has 1 aromatic carbocycles. The molecule has 3 N–H and O–H groups in total. The number of anilines is 1. The Morgan fingerprint density at radius 2 is 2.07 bits per heavy atom. The summed E-state index contributed by atoms with van der Waals surface area (Å²) in [4.78, 5) is 25.1. The van der Waals surface area contributed by atoms with E-state index in [2.05, 4.69) is 10.4 Å². The van der Waals surface area contributed by atoms with E-state index in [1.54, 1.807) is 16.8 Å². The first-order chi connectivity index (χ1) is 13.1.